The summed E-state index contributed by atoms with van der Waals surface area (Å²) in [6.45, 7) is -0.513. The van der Waals surface area contributed by atoms with E-state index in [0.29, 0.717) is 5.56 Å². The van der Waals surface area contributed by atoms with Gasteiger partial charge in [-0.1, -0.05) is 46.3 Å². The number of furan rings is 1. The third kappa shape index (κ3) is 2.44. The number of hydrogen-bond donors (Lipinski definition) is 1. The normalized spacial score (nSPS) is 11.2. The Morgan fingerprint density at radius 2 is 1.75 bits per heavy atom. The van der Waals surface area contributed by atoms with Crippen molar-refractivity contribution >= 4 is 43.7 Å². The first-order chi connectivity index (χ1) is 11.7. The zero-order valence-corrected chi connectivity index (χ0v) is 14.2. The first-order valence-electron chi connectivity index (χ1n) is 7.52. The van der Waals surface area contributed by atoms with Gasteiger partial charge in [0, 0.05) is 26.4 Å². The summed E-state index contributed by atoms with van der Waals surface area (Å²) in [6, 6.07) is 19.2. The molecule has 4 aromatic rings. The van der Waals surface area contributed by atoms with Gasteiger partial charge in [-0.25, -0.2) is 0 Å². The van der Waals surface area contributed by atoms with Gasteiger partial charge in [0.2, 0.25) is 0 Å². The lowest BCUT2D eigenvalue weighted by atomic mass is 9.97. The van der Waals surface area contributed by atoms with Crippen molar-refractivity contribution in [2.45, 2.75) is 0 Å². The minimum absolute atomic E-state index is 0.305. The smallest absolute Gasteiger partial charge is 0.188 e. The average molecular weight is 381 g/mol. The van der Waals surface area contributed by atoms with Crippen LogP contribution in [0.15, 0.2) is 69.6 Å². The highest BCUT2D eigenvalue weighted by atomic mass is 79.9. The molecule has 0 spiro atoms. The quantitative estimate of drug-likeness (QED) is 0.497. The van der Waals surface area contributed by atoms with Gasteiger partial charge < -0.3 is 9.52 Å². The Bertz CT molecular complexity index is 1060. The fourth-order valence-corrected chi connectivity index (χ4v) is 3.19. The van der Waals surface area contributed by atoms with Crippen molar-refractivity contribution in [1.29, 1.82) is 0 Å². The number of rotatable bonds is 3. The molecule has 24 heavy (non-hydrogen) atoms. The zero-order chi connectivity index (χ0) is 16.7. The third-order valence-corrected chi connectivity index (χ3v) is 4.63. The predicted octanol–water partition coefficient (Wildman–Crippen LogP) is 5.19. The SMILES string of the molecule is O=C(CO)c1cc(-c2ccc(Br)cc2)c2oc3ccccc3c2c1. The van der Waals surface area contributed by atoms with Gasteiger partial charge in [-0.05, 0) is 35.9 Å². The number of hydrogen-bond acceptors (Lipinski definition) is 3. The number of ketones is 1. The summed E-state index contributed by atoms with van der Waals surface area (Å²) < 4.78 is 7.03. The molecular weight excluding hydrogens is 368 g/mol. The standard InChI is InChI=1S/C20H13BrO3/c21-14-7-5-12(6-8-14)16-9-13(18(23)11-22)10-17-15-3-1-2-4-19(15)24-20(16)17/h1-10,22H,11H2. The van der Waals surface area contributed by atoms with E-state index in [1.54, 1.807) is 12.1 Å². The van der Waals surface area contributed by atoms with Crippen LogP contribution in [-0.2, 0) is 0 Å². The zero-order valence-electron chi connectivity index (χ0n) is 12.6. The lowest BCUT2D eigenvalue weighted by molar-refractivity contribution is 0.0904. The number of aliphatic hydroxyl groups is 1. The maximum atomic E-state index is 12.1. The topological polar surface area (TPSA) is 50.4 Å². The molecule has 0 saturated heterocycles. The molecule has 1 aromatic heterocycles. The summed E-state index contributed by atoms with van der Waals surface area (Å²) >= 11 is 3.43. The summed E-state index contributed by atoms with van der Waals surface area (Å²) in [6.07, 6.45) is 0. The largest absolute Gasteiger partial charge is 0.455 e. The molecule has 1 N–H and O–H groups in total. The van der Waals surface area contributed by atoms with Crippen LogP contribution >= 0.6 is 15.9 Å². The first-order valence-corrected chi connectivity index (χ1v) is 8.32. The second-order valence-corrected chi connectivity index (χ2v) is 6.50. The van der Waals surface area contributed by atoms with Gasteiger partial charge in [-0.3, -0.25) is 4.79 Å². The fraction of sp³-hybridized carbons (Fsp3) is 0.0500. The maximum absolute atomic E-state index is 12.1. The molecule has 118 valence electrons. The highest BCUT2D eigenvalue weighted by Gasteiger charge is 2.16. The van der Waals surface area contributed by atoms with Crippen molar-refractivity contribution in [3.63, 3.8) is 0 Å². The Labute approximate surface area is 146 Å². The third-order valence-electron chi connectivity index (χ3n) is 4.10. The average Bonchev–Trinajstić information content (AvgIpc) is 2.99. The maximum Gasteiger partial charge on any atom is 0.188 e. The van der Waals surface area contributed by atoms with Crippen molar-refractivity contribution in [2.75, 3.05) is 6.61 Å². The van der Waals surface area contributed by atoms with E-state index in [4.69, 9.17) is 4.42 Å². The first kappa shape index (κ1) is 15.1. The van der Waals surface area contributed by atoms with E-state index in [0.717, 1.165) is 37.5 Å². The Morgan fingerprint density at radius 3 is 2.50 bits per heavy atom. The number of Topliss-reactive ketones (excluding diaryl/α,β-unsaturated/α-hetero) is 1. The molecule has 0 atom stereocenters. The molecule has 0 fully saturated rings. The molecule has 4 heteroatoms. The number of fused-ring (bicyclic) bond motifs is 3. The minimum Gasteiger partial charge on any atom is -0.455 e. The molecule has 0 saturated carbocycles. The molecule has 0 unspecified atom stereocenters. The number of aliphatic hydroxyl groups excluding tert-OH is 1. The minimum atomic E-state index is -0.513. The lowest BCUT2D eigenvalue weighted by Gasteiger charge is -2.06. The van der Waals surface area contributed by atoms with Gasteiger partial charge in [0.15, 0.2) is 5.78 Å². The van der Waals surface area contributed by atoms with Crippen LogP contribution in [0.1, 0.15) is 10.4 Å². The van der Waals surface area contributed by atoms with Gasteiger partial charge in [-0.15, -0.1) is 0 Å². The van der Waals surface area contributed by atoms with Crippen LogP contribution in [0.4, 0.5) is 0 Å². The summed E-state index contributed by atoms with van der Waals surface area (Å²) in [5.41, 5.74) is 3.80. The second kappa shape index (κ2) is 5.89. The molecule has 4 rings (SSSR count). The number of carbonyl (C=O) groups is 1. The Balaban J connectivity index is 2.09. The van der Waals surface area contributed by atoms with E-state index in [1.807, 2.05) is 48.5 Å². The monoisotopic (exact) mass is 380 g/mol. The van der Waals surface area contributed by atoms with Crippen molar-refractivity contribution in [1.82, 2.24) is 0 Å². The van der Waals surface area contributed by atoms with E-state index in [2.05, 4.69) is 15.9 Å². The number of para-hydroxylation sites is 1. The number of halogens is 1. The molecule has 0 aliphatic heterocycles. The molecule has 0 amide bonds. The van der Waals surface area contributed by atoms with Gasteiger partial charge in [0.05, 0.1) is 0 Å². The van der Waals surface area contributed by atoms with Crippen LogP contribution in [0.25, 0.3) is 33.1 Å². The molecule has 1 heterocycles. The Morgan fingerprint density at radius 1 is 1.00 bits per heavy atom. The molecule has 0 bridgehead atoms. The number of benzene rings is 3. The summed E-state index contributed by atoms with van der Waals surface area (Å²) in [4.78, 5) is 12.1. The van der Waals surface area contributed by atoms with Gasteiger partial charge in [0.25, 0.3) is 0 Å². The van der Waals surface area contributed by atoms with Crippen LogP contribution in [-0.4, -0.2) is 17.5 Å². The van der Waals surface area contributed by atoms with Gasteiger partial charge in [0.1, 0.15) is 17.8 Å². The Hall–Kier alpha value is -2.43. The summed E-state index contributed by atoms with van der Waals surface area (Å²) in [7, 11) is 0. The second-order valence-electron chi connectivity index (χ2n) is 5.59. The van der Waals surface area contributed by atoms with Crippen LogP contribution in [0.3, 0.4) is 0 Å². The van der Waals surface area contributed by atoms with E-state index in [9.17, 15) is 9.90 Å². The van der Waals surface area contributed by atoms with Crippen LogP contribution in [0, 0.1) is 0 Å². The summed E-state index contributed by atoms with van der Waals surface area (Å²) in [5.74, 6) is -0.305. The highest BCUT2D eigenvalue weighted by molar-refractivity contribution is 9.10. The van der Waals surface area contributed by atoms with E-state index in [1.165, 1.54) is 0 Å². The molecular formula is C20H13BrO3. The highest BCUT2D eigenvalue weighted by Crippen LogP contribution is 2.37. The summed E-state index contributed by atoms with van der Waals surface area (Å²) in [5, 5.41) is 11.1. The van der Waals surface area contributed by atoms with E-state index >= 15 is 0 Å². The van der Waals surface area contributed by atoms with Crippen molar-refractivity contribution in [2.24, 2.45) is 0 Å². The van der Waals surface area contributed by atoms with Crippen LogP contribution in [0.2, 0.25) is 0 Å². The van der Waals surface area contributed by atoms with Crippen molar-refractivity contribution in [3.8, 4) is 11.1 Å². The van der Waals surface area contributed by atoms with Gasteiger partial charge >= 0.3 is 0 Å². The molecule has 3 aromatic carbocycles. The van der Waals surface area contributed by atoms with Crippen molar-refractivity contribution < 1.29 is 14.3 Å². The van der Waals surface area contributed by atoms with Crippen LogP contribution in [0.5, 0.6) is 0 Å². The molecule has 3 nitrogen and oxygen atoms in total. The van der Waals surface area contributed by atoms with Crippen molar-refractivity contribution in [3.05, 3.63) is 70.7 Å². The lowest BCUT2D eigenvalue weighted by Crippen LogP contribution is -2.04. The predicted molar refractivity (Wildman–Crippen MR) is 98.3 cm³/mol. The number of carbonyl (C=O) groups excluding carboxylic acids is 1. The van der Waals surface area contributed by atoms with E-state index < -0.39 is 6.61 Å². The molecule has 0 aliphatic rings. The van der Waals surface area contributed by atoms with E-state index in [-0.39, 0.29) is 5.78 Å². The fourth-order valence-electron chi connectivity index (χ4n) is 2.92. The molecule has 0 radical (unpaired) electrons. The van der Waals surface area contributed by atoms with Gasteiger partial charge in [-0.2, -0.15) is 0 Å². The Kier molecular flexibility index (Phi) is 3.71. The molecule has 0 aliphatic carbocycles. The van der Waals surface area contributed by atoms with Crippen LogP contribution < -0.4 is 0 Å².